The van der Waals surface area contributed by atoms with Crippen LogP contribution in [0.1, 0.15) is 50.7 Å². The average molecular weight is 320 g/mol. The zero-order valence-electron chi connectivity index (χ0n) is 13.9. The summed E-state index contributed by atoms with van der Waals surface area (Å²) in [7, 11) is 0. The topological polar surface area (TPSA) is 72.8 Å². The second-order valence-electron chi connectivity index (χ2n) is 6.40. The minimum Gasteiger partial charge on any atom is -0.508 e. The van der Waals surface area contributed by atoms with Crippen LogP contribution >= 0.6 is 0 Å². The molecule has 3 N–H and O–H groups in total. The predicted octanol–water partition coefficient (Wildman–Crippen LogP) is 2.20. The van der Waals surface area contributed by atoms with Crippen molar-refractivity contribution in [2.45, 2.75) is 51.2 Å². The molecule has 1 fully saturated rings. The first-order chi connectivity index (χ1) is 11.1. The van der Waals surface area contributed by atoms with Gasteiger partial charge in [0, 0.05) is 6.42 Å². The molecule has 0 radical (unpaired) electrons. The molecule has 1 heterocycles. The molecule has 1 amide bonds. The zero-order chi connectivity index (χ0) is 16.7. The first kappa shape index (κ1) is 17.8. The van der Waals surface area contributed by atoms with Gasteiger partial charge in [-0.05, 0) is 63.5 Å². The minimum atomic E-state index is -0.776. The van der Waals surface area contributed by atoms with Crippen LogP contribution in [0.5, 0.6) is 5.75 Å². The average Bonchev–Trinajstić information content (AvgIpc) is 2.56. The van der Waals surface area contributed by atoms with Crippen molar-refractivity contribution in [2.24, 2.45) is 0 Å². The van der Waals surface area contributed by atoms with Gasteiger partial charge in [-0.15, -0.1) is 0 Å². The van der Waals surface area contributed by atoms with Crippen molar-refractivity contribution in [2.75, 3.05) is 19.6 Å². The van der Waals surface area contributed by atoms with Crippen LogP contribution in [0.15, 0.2) is 24.3 Å². The van der Waals surface area contributed by atoms with E-state index in [1.54, 1.807) is 19.1 Å². The molecule has 1 aromatic rings. The van der Waals surface area contributed by atoms with E-state index in [-0.39, 0.29) is 17.7 Å². The van der Waals surface area contributed by atoms with Crippen LogP contribution in [-0.4, -0.2) is 46.7 Å². The number of benzene rings is 1. The summed E-state index contributed by atoms with van der Waals surface area (Å²) < 4.78 is 0. The zero-order valence-corrected chi connectivity index (χ0v) is 13.9. The smallest absolute Gasteiger partial charge is 0.220 e. The van der Waals surface area contributed by atoms with E-state index in [0.29, 0.717) is 12.0 Å². The molecule has 0 aromatic heterocycles. The van der Waals surface area contributed by atoms with Gasteiger partial charge < -0.3 is 20.4 Å². The molecule has 128 valence electrons. The van der Waals surface area contributed by atoms with E-state index in [2.05, 4.69) is 10.2 Å². The van der Waals surface area contributed by atoms with Gasteiger partial charge in [0.25, 0.3) is 0 Å². The molecule has 0 saturated carbocycles. The van der Waals surface area contributed by atoms with E-state index in [0.717, 1.165) is 26.1 Å². The molecule has 1 saturated heterocycles. The van der Waals surface area contributed by atoms with Gasteiger partial charge in [0.1, 0.15) is 5.75 Å². The molecule has 1 aliphatic rings. The van der Waals surface area contributed by atoms with Crippen molar-refractivity contribution in [3.63, 3.8) is 0 Å². The molecule has 0 spiro atoms. The SMILES string of the molecule is C[C@@H](NC(=O)CCCN1CCCCC1)[C@@H](O)c1ccc(O)cc1. The molecule has 5 nitrogen and oxygen atoms in total. The Labute approximate surface area is 138 Å². The third-order valence-electron chi connectivity index (χ3n) is 4.42. The lowest BCUT2D eigenvalue weighted by atomic mass is 10.0. The van der Waals surface area contributed by atoms with E-state index >= 15 is 0 Å². The predicted molar refractivity (Wildman–Crippen MR) is 90.2 cm³/mol. The van der Waals surface area contributed by atoms with Gasteiger partial charge in [0.15, 0.2) is 0 Å². The van der Waals surface area contributed by atoms with Gasteiger partial charge in [0.2, 0.25) is 5.91 Å². The molecule has 0 unspecified atom stereocenters. The summed E-state index contributed by atoms with van der Waals surface area (Å²) in [5.41, 5.74) is 0.684. The number of amides is 1. The number of phenols is 1. The number of rotatable bonds is 7. The Kier molecular flexibility index (Phi) is 6.86. The first-order valence-electron chi connectivity index (χ1n) is 8.55. The second kappa shape index (κ2) is 8.89. The van der Waals surface area contributed by atoms with Crippen molar-refractivity contribution in [3.05, 3.63) is 29.8 Å². The maximum Gasteiger partial charge on any atom is 0.220 e. The number of nitrogens with one attached hydrogen (secondary N) is 1. The van der Waals surface area contributed by atoms with Crippen LogP contribution < -0.4 is 5.32 Å². The molecule has 23 heavy (non-hydrogen) atoms. The molecule has 0 aliphatic carbocycles. The Morgan fingerprint density at radius 2 is 1.87 bits per heavy atom. The second-order valence-corrected chi connectivity index (χ2v) is 6.40. The van der Waals surface area contributed by atoms with Crippen LogP contribution in [0.2, 0.25) is 0 Å². The maximum atomic E-state index is 12.0. The first-order valence-corrected chi connectivity index (χ1v) is 8.55. The van der Waals surface area contributed by atoms with Crippen molar-refractivity contribution < 1.29 is 15.0 Å². The number of carbonyl (C=O) groups excluding carboxylic acids is 1. The van der Waals surface area contributed by atoms with Gasteiger partial charge in [-0.1, -0.05) is 18.6 Å². The molecule has 2 atom stereocenters. The fraction of sp³-hybridized carbons (Fsp3) is 0.611. The number of phenolic OH excluding ortho intramolecular Hbond substituents is 1. The normalized spacial score (nSPS) is 18.3. The summed E-state index contributed by atoms with van der Waals surface area (Å²) in [6, 6.07) is 6.04. The van der Waals surface area contributed by atoms with Crippen LogP contribution in [0, 0.1) is 0 Å². The maximum absolute atomic E-state index is 12.0. The number of aliphatic hydroxyl groups is 1. The Morgan fingerprint density at radius 3 is 2.52 bits per heavy atom. The molecule has 1 aliphatic heterocycles. The van der Waals surface area contributed by atoms with Gasteiger partial charge in [-0.25, -0.2) is 0 Å². The number of likely N-dealkylation sites (tertiary alicyclic amines) is 1. The standard InChI is InChI=1S/C18H28N2O3/c1-14(18(23)15-7-9-16(21)10-8-15)19-17(22)6-5-13-20-11-3-2-4-12-20/h7-10,14,18,21,23H,2-6,11-13H2,1H3,(H,19,22)/t14-,18-/m1/s1. The minimum absolute atomic E-state index is 0.0210. The van der Waals surface area contributed by atoms with Crippen LogP contribution in [0.4, 0.5) is 0 Å². The summed E-state index contributed by atoms with van der Waals surface area (Å²) >= 11 is 0. The van der Waals surface area contributed by atoms with Crippen molar-refractivity contribution in [1.82, 2.24) is 10.2 Å². The number of hydrogen-bond acceptors (Lipinski definition) is 4. The summed E-state index contributed by atoms with van der Waals surface area (Å²) in [6.07, 6.45) is 4.42. The molecule has 0 bridgehead atoms. The highest BCUT2D eigenvalue weighted by atomic mass is 16.3. The summed E-state index contributed by atoms with van der Waals surface area (Å²) in [5, 5.41) is 22.4. The molecule has 2 rings (SSSR count). The molecule has 1 aromatic carbocycles. The molecular formula is C18H28N2O3. The highest BCUT2D eigenvalue weighted by Gasteiger charge is 2.18. The lowest BCUT2D eigenvalue weighted by molar-refractivity contribution is -0.122. The quantitative estimate of drug-likeness (QED) is 0.720. The summed E-state index contributed by atoms with van der Waals surface area (Å²) in [5.74, 6) is 0.141. The number of carbonyl (C=O) groups is 1. The Hall–Kier alpha value is -1.59. The fourth-order valence-electron chi connectivity index (χ4n) is 3.01. The largest absolute Gasteiger partial charge is 0.508 e. The number of aromatic hydroxyl groups is 1. The van der Waals surface area contributed by atoms with Gasteiger partial charge in [-0.2, -0.15) is 0 Å². The number of nitrogens with zero attached hydrogens (tertiary/aromatic N) is 1. The lowest BCUT2D eigenvalue weighted by Crippen LogP contribution is -2.37. The van der Waals surface area contributed by atoms with Crippen LogP contribution in [-0.2, 0) is 4.79 Å². The highest BCUT2D eigenvalue weighted by Crippen LogP contribution is 2.19. The monoisotopic (exact) mass is 320 g/mol. The Balaban J connectivity index is 1.70. The van der Waals surface area contributed by atoms with Crippen molar-refractivity contribution in [1.29, 1.82) is 0 Å². The lowest BCUT2D eigenvalue weighted by Gasteiger charge is -2.26. The third-order valence-corrected chi connectivity index (χ3v) is 4.42. The number of aliphatic hydroxyl groups excluding tert-OH is 1. The Morgan fingerprint density at radius 1 is 1.22 bits per heavy atom. The van der Waals surface area contributed by atoms with E-state index in [1.807, 2.05) is 0 Å². The Bertz CT molecular complexity index is 484. The van der Waals surface area contributed by atoms with Crippen LogP contribution in [0.25, 0.3) is 0 Å². The van der Waals surface area contributed by atoms with Gasteiger partial charge >= 0.3 is 0 Å². The van der Waals surface area contributed by atoms with Gasteiger partial charge in [-0.3, -0.25) is 4.79 Å². The van der Waals surface area contributed by atoms with Gasteiger partial charge in [0.05, 0.1) is 12.1 Å². The van der Waals surface area contributed by atoms with E-state index in [1.165, 1.54) is 31.4 Å². The number of hydrogen-bond donors (Lipinski definition) is 3. The van der Waals surface area contributed by atoms with Crippen LogP contribution in [0.3, 0.4) is 0 Å². The van der Waals surface area contributed by atoms with Crippen molar-refractivity contribution in [3.8, 4) is 5.75 Å². The van der Waals surface area contributed by atoms with Crippen molar-refractivity contribution >= 4 is 5.91 Å². The number of piperidine rings is 1. The highest BCUT2D eigenvalue weighted by molar-refractivity contribution is 5.76. The van der Waals surface area contributed by atoms with E-state index in [4.69, 9.17) is 0 Å². The third kappa shape index (κ3) is 5.84. The molecular weight excluding hydrogens is 292 g/mol. The van der Waals surface area contributed by atoms with E-state index in [9.17, 15) is 15.0 Å². The summed E-state index contributed by atoms with van der Waals surface area (Å²) in [6.45, 7) is 5.07. The molecule has 5 heteroatoms. The summed E-state index contributed by atoms with van der Waals surface area (Å²) in [4.78, 5) is 14.4. The van der Waals surface area contributed by atoms with E-state index < -0.39 is 6.10 Å². The fourth-order valence-corrected chi connectivity index (χ4v) is 3.01.